The molecule has 1 atom stereocenters. The van der Waals surface area contributed by atoms with Crippen molar-refractivity contribution in [3.05, 3.63) is 82.3 Å². The molecule has 0 saturated heterocycles. The van der Waals surface area contributed by atoms with E-state index in [0.717, 1.165) is 65.9 Å². The number of aromatic nitrogens is 3. The summed E-state index contributed by atoms with van der Waals surface area (Å²) in [6, 6.07) is 16.1. The number of amides is 1. The van der Waals surface area contributed by atoms with Crippen LogP contribution in [0.15, 0.2) is 48.5 Å². The Morgan fingerprint density at radius 2 is 1.84 bits per heavy atom. The van der Waals surface area contributed by atoms with Crippen LogP contribution < -0.4 is 4.74 Å². The normalized spacial score (nSPS) is 17.8. The van der Waals surface area contributed by atoms with Crippen LogP contribution in [0.3, 0.4) is 0 Å². The summed E-state index contributed by atoms with van der Waals surface area (Å²) >= 11 is 0. The highest BCUT2D eigenvalue weighted by Gasteiger charge is 2.38. The quantitative estimate of drug-likeness (QED) is 0.504. The predicted octanol–water partition coefficient (Wildman–Crippen LogP) is 4.57. The van der Waals surface area contributed by atoms with Crippen molar-refractivity contribution in [2.75, 3.05) is 13.7 Å². The van der Waals surface area contributed by atoms with Crippen molar-refractivity contribution < 1.29 is 9.53 Å². The third kappa shape index (κ3) is 2.86. The first-order chi connectivity index (χ1) is 15.8. The van der Waals surface area contributed by atoms with Gasteiger partial charge in [0.15, 0.2) is 5.69 Å². The number of hydrogen-bond acceptors (Lipinski definition) is 3. The summed E-state index contributed by atoms with van der Waals surface area (Å²) in [5.74, 6) is 0.774. The van der Waals surface area contributed by atoms with Gasteiger partial charge >= 0.3 is 0 Å². The number of ether oxygens (including phenoxy) is 1. The first kappa shape index (κ1) is 19.2. The number of methoxy groups -OCH3 is 1. The van der Waals surface area contributed by atoms with E-state index < -0.39 is 0 Å². The highest BCUT2D eigenvalue weighted by Crippen LogP contribution is 2.42. The minimum Gasteiger partial charge on any atom is -0.496 e. The minimum absolute atomic E-state index is 0.00962. The Balaban J connectivity index is 1.51. The van der Waals surface area contributed by atoms with Gasteiger partial charge in [0, 0.05) is 40.0 Å². The van der Waals surface area contributed by atoms with Gasteiger partial charge in [-0.25, -0.2) is 0 Å². The number of nitrogens with zero attached hydrogens (tertiary/aromatic N) is 2. The molecule has 2 aliphatic rings. The molecule has 0 spiro atoms. The van der Waals surface area contributed by atoms with Gasteiger partial charge in [-0.1, -0.05) is 36.4 Å². The minimum atomic E-state index is -0.259. The third-order valence-corrected chi connectivity index (χ3v) is 6.99. The molecule has 2 aromatic heterocycles. The standard InChI is InChI=1S/C26H26N4O2/c1-32-22-13-7-4-10-19(22)25-23-17(16-8-2-5-11-20(16)27-23)14-15-30(25)26(31)24-18-9-3-6-12-21(18)28-29-24/h2,4-5,7-8,10-11,13,25,27H,3,6,9,12,14-15H2,1H3,(H,28,29). The Morgan fingerprint density at radius 3 is 2.75 bits per heavy atom. The van der Waals surface area contributed by atoms with Crippen molar-refractivity contribution in [2.45, 2.75) is 38.1 Å². The van der Waals surface area contributed by atoms with Gasteiger partial charge in [0.25, 0.3) is 5.91 Å². The van der Waals surface area contributed by atoms with E-state index in [1.807, 2.05) is 29.2 Å². The van der Waals surface area contributed by atoms with Crippen LogP contribution in [0.2, 0.25) is 0 Å². The zero-order valence-electron chi connectivity index (χ0n) is 18.1. The van der Waals surface area contributed by atoms with Gasteiger partial charge in [-0.05, 0) is 49.8 Å². The summed E-state index contributed by atoms with van der Waals surface area (Å²) in [4.78, 5) is 19.5. The van der Waals surface area contributed by atoms with Crippen LogP contribution in [0.1, 0.15) is 57.5 Å². The Morgan fingerprint density at radius 1 is 1.03 bits per heavy atom. The summed E-state index contributed by atoms with van der Waals surface area (Å²) < 4.78 is 5.72. The number of H-pyrrole nitrogens is 2. The van der Waals surface area contributed by atoms with E-state index >= 15 is 0 Å². The van der Waals surface area contributed by atoms with Crippen LogP contribution >= 0.6 is 0 Å². The summed E-state index contributed by atoms with van der Waals surface area (Å²) in [6.45, 7) is 0.637. The Labute approximate surface area is 186 Å². The number of nitrogens with one attached hydrogen (secondary N) is 2. The fourth-order valence-electron chi connectivity index (χ4n) is 5.47. The van der Waals surface area contributed by atoms with Crippen LogP contribution in [0.25, 0.3) is 10.9 Å². The van der Waals surface area contributed by atoms with Crippen LogP contribution in [0, 0.1) is 0 Å². The number of fused-ring (bicyclic) bond motifs is 4. The Hall–Kier alpha value is -3.54. The van der Waals surface area contributed by atoms with Gasteiger partial charge in [-0.15, -0.1) is 0 Å². The highest BCUT2D eigenvalue weighted by atomic mass is 16.5. The van der Waals surface area contributed by atoms with Gasteiger partial charge in [-0.2, -0.15) is 5.10 Å². The molecule has 1 amide bonds. The van der Waals surface area contributed by atoms with E-state index in [9.17, 15) is 4.79 Å². The number of carbonyl (C=O) groups is 1. The number of para-hydroxylation sites is 2. The molecule has 32 heavy (non-hydrogen) atoms. The average Bonchev–Trinajstić information content (AvgIpc) is 3.44. The zero-order chi connectivity index (χ0) is 21.7. The van der Waals surface area contributed by atoms with E-state index in [-0.39, 0.29) is 11.9 Å². The molecule has 0 bridgehead atoms. The van der Waals surface area contributed by atoms with Crippen molar-refractivity contribution in [3.8, 4) is 5.75 Å². The van der Waals surface area contributed by atoms with Crippen LogP contribution in [0.5, 0.6) is 5.75 Å². The lowest BCUT2D eigenvalue weighted by Crippen LogP contribution is -2.41. The summed E-state index contributed by atoms with van der Waals surface area (Å²) in [7, 11) is 1.68. The molecule has 162 valence electrons. The van der Waals surface area contributed by atoms with E-state index in [4.69, 9.17) is 4.74 Å². The molecule has 1 aliphatic heterocycles. The Bertz CT molecular complexity index is 1320. The van der Waals surface area contributed by atoms with Crippen LogP contribution in [-0.4, -0.2) is 39.6 Å². The van der Waals surface area contributed by atoms with Crippen molar-refractivity contribution in [3.63, 3.8) is 0 Å². The number of hydrogen-bond donors (Lipinski definition) is 2. The second kappa shape index (κ2) is 7.55. The van der Waals surface area contributed by atoms with Crippen molar-refractivity contribution in [1.82, 2.24) is 20.1 Å². The number of carbonyl (C=O) groups excluding carboxylic acids is 1. The van der Waals surface area contributed by atoms with Gasteiger partial charge < -0.3 is 14.6 Å². The molecule has 4 aromatic rings. The molecule has 6 nitrogen and oxygen atoms in total. The van der Waals surface area contributed by atoms with Crippen molar-refractivity contribution in [1.29, 1.82) is 0 Å². The van der Waals surface area contributed by atoms with Crippen LogP contribution in [-0.2, 0) is 19.3 Å². The molecule has 3 heterocycles. The molecular weight excluding hydrogens is 400 g/mol. The van der Waals surface area contributed by atoms with E-state index in [1.165, 1.54) is 10.9 Å². The monoisotopic (exact) mass is 426 g/mol. The lowest BCUT2D eigenvalue weighted by molar-refractivity contribution is 0.0682. The average molecular weight is 427 g/mol. The largest absolute Gasteiger partial charge is 0.496 e. The smallest absolute Gasteiger partial charge is 0.275 e. The summed E-state index contributed by atoms with van der Waals surface area (Å²) in [5.41, 5.74) is 7.24. The first-order valence-corrected chi connectivity index (χ1v) is 11.4. The Kier molecular flexibility index (Phi) is 4.52. The zero-order valence-corrected chi connectivity index (χ0v) is 18.1. The topological polar surface area (TPSA) is 74.0 Å². The maximum atomic E-state index is 13.9. The molecule has 0 fully saturated rings. The molecular formula is C26H26N4O2. The van der Waals surface area contributed by atoms with E-state index in [2.05, 4.69) is 39.4 Å². The number of aryl methyl sites for hydroxylation is 1. The fourth-order valence-corrected chi connectivity index (χ4v) is 5.47. The molecule has 1 aliphatic carbocycles. The maximum Gasteiger partial charge on any atom is 0.275 e. The van der Waals surface area contributed by atoms with Crippen molar-refractivity contribution in [2.24, 2.45) is 0 Å². The fraction of sp³-hybridized carbons (Fsp3) is 0.308. The second-order valence-electron chi connectivity index (χ2n) is 8.69. The lowest BCUT2D eigenvalue weighted by Gasteiger charge is -2.36. The van der Waals surface area contributed by atoms with E-state index in [1.54, 1.807) is 7.11 Å². The third-order valence-electron chi connectivity index (χ3n) is 6.99. The highest BCUT2D eigenvalue weighted by molar-refractivity contribution is 5.95. The number of aromatic amines is 2. The number of benzene rings is 2. The first-order valence-electron chi connectivity index (χ1n) is 11.4. The summed E-state index contributed by atoms with van der Waals surface area (Å²) in [6.07, 6.45) is 4.95. The summed E-state index contributed by atoms with van der Waals surface area (Å²) in [5, 5.41) is 8.85. The molecule has 0 radical (unpaired) electrons. The predicted molar refractivity (Wildman–Crippen MR) is 123 cm³/mol. The van der Waals surface area contributed by atoms with Crippen molar-refractivity contribution >= 4 is 16.8 Å². The SMILES string of the molecule is COc1ccccc1C1c2[nH]c3ccccc3c2CCN1C(=O)c1n[nH]c2c1CCCC2. The van der Waals surface area contributed by atoms with Gasteiger partial charge in [0.1, 0.15) is 11.8 Å². The van der Waals surface area contributed by atoms with Gasteiger partial charge in [0.2, 0.25) is 0 Å². The number of rotatable bonds is 3. The molecule has 2 N–H and O–H groups in total. The second-order valence-corrected chi connectivity index (χ2v) is 8.69. The molecule has 2 aromatic carbocycles. The molecule has 6 rings (SSSR count). The van der Waals surface area contributed by atoms with Crippen LogP contribution in [0.4, 0.5) is 0 Å². The molecule has 1 unspecified atom stereocenters. The van der Waals surface area contributed by atoms with E-state index in [0.29, 0.717) is 12.2 Å². The molecule has 0 saturated carbocycles. The molecule has 6 heteroatoms. The van der Waals surface area contributed by atoms with Gasteiger partial charge in [0.05, 0.1) is 7.11 Å². The maximum absolute atomic E-state index is 13.9. The van der Waals surface area contributed by atoms with Gasteiger partial charge in [-0.3, -0.25) is 9.89 Å². The lowest BCUT2D eigenvalue weighted by atomic mass is 9.90.